The van der Waals surface area contributed by atoms with Gasteiger partial charge < -0.3 is 14.6 Å². The van der Waals surface area contributed by atoms with Crippen LogP contribution >= 0.6 is 0 Å². The number of anilines is 1. The molecule has 11 nitrogen and oxygen atoms in total. The van der Waals surface area contributed by atoms with Crippen molar-refractivity contribution in [1.29, 1.82) is 0 Å². The van der Waals surface area contributed by atoms with Gasteiger partial charge in [0.15, 0.2) is 5.65 Å². The molecule has 0 aliphatic carbocycles. The highest BCUT2D eigenvalue weighted by Gasteiger charge is 2.27. The number of fused-ring (bicyclic) bond motifs is 2. The number of sulfonamides is 1. The summed E-state index contributed by atoms with van der Waals surface area (Å²) in [5.74, 6) is 1.10. The van der Waals surface area contributed by atoms with Crippen LogP contribution in [0.1, 0.15) is 19.2 Å². The third-order valence-electron chi connectivity index (χ3n) is 5.86. The Bertz CT molecular complexity index is 1450. The average Bonchev–Trinajstić information content (AvgIpc) is 3.47. The number of carbonyl (C=O) groups is 1. The minimum atomic E-state index is -3.61. The molecule has 0 unspecified atom stereocenters. The van der Waals surface area contributed by atoms with Gasteiger partial charge in [-0.05, 0) is 31.2 Å². The lowest BCUT2D eigenvalue weighted by molar-refractivity contribution is -0.116. The topological polar surface area (TPSA) is 124 Å². The van der Waals surface area contributed by atoms with Gasteiger partial charge in [0.1, 0.15) is 11.6 Å². The highest BCUT2D eigenvalue weighted by atomic mass is 32.2. The summed E-state index contributed by atoms with van der Waals surface area (Å²) in [6.45, 7) is 4.11. The molecule has 1 aromatic carbocycles. The SMILES string of the molecule is CCn1c(CCC(=O)Nc2ccnc3ccnn23)nc2cc(S(=O)(=O)N3CCOCC3)ccc21. The molecule has 34 heavy (non-hydrogen) atoms. The molecule has 1 amide bonds. The smallest absolute Gasteiger partial charge is 0.243 e. The average molecular weight is 484 g/mol. The number of hydrogen-bond donors (Lipinski definition) is 1. The van der Waals surface area contributed by atoms with E-state index in [1.165, 1.54) is 4.31 Å². The van der Waals surface area contributed by atoms with Crippen LogP contribution in [0.2, 0.25) is 0 Å². The van der Waals surface area contributed by atoms with E-state index in [0.717, 1.165) is 11.3 Å². The quantitative estimate of drug-likeness (QED) is 0.424. The Morgan fingerprint density at radius 3 is 2.76 bits per heavy atom. The van der Waals surface area contributed by atoms with Gasteiger partial charge in [0.25, 0.3) is 0 Å². The Labute approximate surface area is 196 Å². The third kappa shape index (κ3) is 4.15. The molecule has 12 heteroatoms. The number of imidazole rings is 1. The van der Waals surface area contributed by atoms with Crippen LogP contribution in [0.25, 0.3) is 16.7 Å². The predicted octanol–water partition coefficient (Wildman–Crippen LogP) is 1.69. The first-order valence-corrected chi connectivity index (χ1v) is 12.6. The zero-order valence-corrected chi connectivity index (χ0v) is 19.5. The van der Waals surface area contributed by atoms with Gasteiger partial charge in [-0.1, -0.05) is 0 Å². The summed E-state index contributed by atoms with van der Waals surface area (Å²) in [6.07, 6.45) is 3.86. The molecule has 178 valence electrons. The van der Waals surface area contributed by atoms with Gasteiger partial charge in [-0.3, -0.25) is 4.79 Å². The molecular weight excluding hydrogens is 458 g/mol. The van der Waals surface area contributed by atoms with Gasteiger partial charge in [-0.15, -0.1) is 0 Å². The number of benzene rings is 1. The maximum atomic E-state index is 13.0. The van der Waals surface area contributed by atoms with Crippen LogP contribution in [0.15, 0.2) is 47.6 Å². The monoisotopic (exact) mass is 483 g/mol. The van der Waals surface area contributed by atoms with E-state index in [-0.39, 0.29) is 17.2 Å². The van der Waals surface area contributed by atoms with E-state index in [1.54, 1.807) is 47.2 Å². The van der Waals surface area contributed by atoms with Crippen molar-refractivity contribution in [2.24, 2.45) is 0 Å². The largest absolute Gasteiger partial charge is 0.379 e. The number of rotatable bonds is 7. The summed E-state index contributed by atoms with van der Waals surface area (Å²) < 4.78 is 36.3. The molecule has 1 N–H and O–H groups in total. The van der Waals surface area contributed by atoms with E-state index in [2.05, 4.69) is 20.4 Å². The van der Waals surface area contributed by atoms with Crippen LogP contribution in [0.5, 0.6) is 0 Å². The normalized spacial score (nSPS) is 15.2. The van der Waals surface area contributed by atoms with Crippen molar-refractivity contribution >= 4 is 38.4 Å². The first-order chi connectivity index (χ1) is 16.5. The van der Waals surface area contributed by atoms with Crippen molar-refractivity contribution in [3.63, 3.8) is 0 Å². The number of nitrogens with zero attached hydrogens (tertiary/aromatic N) is 6. The Balaban J connectivity index is 1.35. The van der Waals surface area contributed by atoms with E-state index in [9.17, 15) is 13.2 Å². The molecule has 4 heterocycles. The first-order valence-electron chi connectivity index (χ1n) is 11.1. The fraction of sp³-hybridized carbons (Fsp3) is 0.364. The Morgan fingerprint density at radius 2 is 1.97 bits per heavy atom. The number of morpholine rings is 1. The lowest BCUT2D eigenvalue weighted by Crippen LogP contribution is -2.40. The highest BCUT2D eigenvalue weighted by Crippen LogP contribution is 2.24. The van der Waals surface area contributed by atoms with E-state index in [1.807, 2.05) is 11.5 Å². The molecule has 0 bridgehead atoms. The molecule has 0 atom stereocenters. The molecule has 4 aromatic rings. The Kier molecular flexibility index (Phi) is 6.02. The third-order valence-corrected chi connectivity index (χ3v) is 7.75. The number of aromatic nitrogens is 5. The molecule has 0 saturated carbocycles. The maximum absolute atomic E-state index is 13.0. The van der Waals surface area contributed by atoms with Crippen molar-refractivity contribution in [2.75, 3.05) is 31.6 Å². The van der Waals surface area contributed by atoms with Gasteiger partial charge in [-0.2, -0.15) is 13.9 Å². The zero-order valence-electron chi connectivity index (χ0n) is 18.7. The zero-order chi connectivity index (χ0) is 23.7. The number of ether oxygens (including phenoxy) is 1. The van der Waals surface area contributed by atoms with Crippen LogP contribution < -0.4 is 5.32 Å². The van der Waals surface area contributed by atoms with Crippen molar-refractivity contribution in [2.45, 2.75) is 31.2 Å². The second-order valence-electron chi connectivity index (χ2n) is 7.92. The van der Waals surface area contributed by atoms with E-state index in [4.69, 9.17) is 4.74 Å². The molecule has 1 saturated heterocycles. The maximum Gasteiger partial charge on any atom is 0.243 e. The van der Waals surface area contributed by atoms with Gasteiger partial charge >= 0.3 is 0 Å². The van der Waals surface area contributed by atoms with Gasteiger partial charge in [0.05, 0.1) is 35.3 Å². The van der Waals surface area contributed by atoms with E-state index < -0.39 is 10.0 Å². The number of hydrogen-bond acceptors (Lipinski definition) is 7. The van der Waals surface area contributed by atoms with Gasteiger partial charge in [-0.25, -0.2) is 18.4 Å². The minimum absolute atomic E-state index is 0.173. The predicted molar refractivity (Wildman–Crippen MR) is 125 cm³/mol. The number of nitrogens with one attached hydrogen (secondary N) is 1. The molecule has 5 rings (SSSR count). The molecule has 0 radical (unpaired) electrons. The first kappa shape index (κ1) is 22.4. The summed E-state index contributed by atoms with van der Waals surface area (Å²) in [6, 6.07) is 8.47. The summed E-state index contributed by atoms with van der Waals surface area (Å²) in [5.41, 5.74) is 2.08. The van der Waals surface area contributed by atoms with Crippen LogP contribution in [0.4, 0.5) is 5.82 Å². The Morgan fingerprint density at radius 1 is 1.15 bits per heavy atom. The van der Waals surface area contributed by atoms with Crippen molar-refractivity contribution in [3.05, 3.63) is 48.5 Å². The number of aryl methyl sites for hydroxylation is 2. The molecule has 1 aliphatic rings. The van der Waals surface area contributed by atoms with Gasteiger partial charge in [0.2, 0.25) is 15.9 Å². The minimum Gasteiger partial charge on any atom is -0.379 e. The van der Waals surface area contributed by atoms with Crippen molar-refractivity contribution < 1.29 is 17.9 Å². The highest BCUT2D eigenvalue weighted by molar-refractivity contribution is 7.89. The Hall–Kier alpha value is -3.35. The molecule has 1 aliphatic heterocycles. The molecule has 1 fully saturated rings. The van der Waals surface area contributed by atoms with Crippen LogP contribution in [0.3, 0.4) is 0 Å². The van der Waals surface area contributed by atoms with Gasteiger partial charge in [0, 0.05) is 44.7 Å². The summed E-state index contributed by atoms with van der Waals surface area (Å²) >= 11 is 0. The summed E-state index contributed by atoms with van der Waals surface area (Å²) in [7, 11) is -3.61. The van der Waals surface area contributed by atoms with Crippen LogP contribution in [-0.4, -0.2) is 69.1 Å². The standard InChI is InChI=1S/C22H25N7O4S/c1-2-28-18-4-3-16(34(31,32)27-11-13-33-14-12-27)15-17(18)25-20(28)5-6-22(30)26-21-7-9-23-19-8-10-24-29(19)21/h3-4,7-10,15H,2,5-6,11-14H2,1H3,(H,26,30). The van der Waals surface area contributed by atoms with E-state index in [0.29, 0.717) is 56.3 Å². The van der Waals surface area contributed by atoms with Crippen LogP contribution in [-0.2, 0) is 32.5 Å². The number of amides is 1. The lowest BCUT2D eigenvalue weighted by atomic mass is 10.2. The second kappa shape index (κ2) is 9.12. The van der Waals surface area contributed by atoms with Crippen molar-refractivity contribution in [3.8, 4) is 0 Å². The van der Waals surface area contributed by atoms with E-state index >= 15 is 0 Å². The molecular formula is C22H25N7O4S. The second-order valence-corrected chi connectivity index (χ2v) is 9.86. The van der Waals surface area contributed by atoms with Crippen molar-refractivity contribution in [1.82, 2.24) is 28.5 Å². The lowest BCUT2D eigenvalue weighted by Gasteiger charge is -2.26. The fourth-order valence-electron chi connectivity index (χ4n) is 4.16. The summed E-state index contributed by atoms with van der Waals surface area (Å²) in [5, 5.41) is 7.04. The van der Waals surface area contributed by atoms with Crippen LogP contribution in [0, 0.1) is 0 Å². The molecule has 3 aromatic heterocycles. The summed E-state index contributed by atoms with van der Waals surface area (Å²) in [4.78, 5) is 21.7. The molecule has 0 spiro atoms. The number of carbonyl (C=O) groups excluding carboxylic acids is 1. The fourth-order valence-corrected chi connectivity index (χ4v) is 5.59.